The SMILES string of the molecule is Cc1nc(Sc2ncc(F)cn2)sc1C(=O)O. The van der Waals surface area contributed by atoms with Crippen molar-refractivity contribution in [2.75, 3.05) is 0 Å². The van der Waals surface area contributed by atoms with Gasteiger partial charge in [0, 0.05) is 0 Å². The maximum atomic E-state index is 12.6. The molecule has 0 amide bonds. The van der Waals surface area contributed by atoms with Gasteiger partial charge in [-0.3, -0.25) is 0 Å². The highest BCUT2D eigenvalue weighted by atomic mass is 32.2. The smallest absolute Gasteiger partial charge is 0.347 e. The molecule has 8 heteroatoms. The largest absolute Gasteiger partial charge is 0.477 e. The molecule has 0 saturated carbocycles. The lowest BCUT2D eigenvalue weighted by atomic mass is 10.4. The number of carboxylic acids is 1. The molecule has 0 aliphatic rings. The van der Waals surface area contributed by atoms with Crippen LogP contribution in [0.1, 0.15) is 15.4 Å². The van der Waals surface area contributed by atoms with E-state index in [1.807, 2.05) is 0 Å². The molecule has 0 aliphatic carbocycles. The van der Waals surface area contributed by atoms with Gasteiger partial charge < -0.3 is 5.11 Å². The van der Waals surface area contributed by atoms with E-state index in [0.29, 0.717) is 15.2 Å². The van der Waals surface area contributed by atoms with Crippen LogP contribution in [0, 0.1) is 12.7 Å². The normalized spacial score (nSPS) is 10.5. The molecule has 0 saturated heterocycles. The van der Waals surface area contributed by atoms with Crippen molar-refractivity contribution >= 4 is 29.1 Å². The Morgan fingerprint density at radius 3 is 2.65 bits per heavy atom. The Hall–Kier alpha value is -1.54. The molecular formula is C9H6FN3O2S2. The van der Waals surface area contributed by atoms with E-state index >= 15 is 0 Å². The molecule has 0 radical (unpaired) electrons. The summed E-state index contributed by atoms with van der Waals surface area (Å²) in [4.78, 5) is 22.6. The Labute approximate surface area is 104 Å². The average molecular weight is 271 g/mol. The first-order valence-electron chi connectivity index (χ1n) is 4.42. The van der Waals surface area contributed by atoms with Crippen LogP contribution in [-0.4, -0.2) is 26.0 Å². The number of carbonyl (C=O) groups is 1. The van der Waals surface area contributed by atoms with Crippen LogP contribution < -0.4 is 0 Å². The van der Waals surface area contributed by atoms with Gasteiger partial charge in [-0.2, -0.15) is 0 Å². The van der Waals surface area contributed by atoms with Gasteiger partial charge in [0.25, 0.3) is 0 Å². The molecule has 0 spiro atoms. The molecule has 1 N–H and O–H groups in total. The summed E-state index contributed by atoms with van der Waals surface area (Å²) in [6.45, 7) is 1.62. The number of hydrogen-bond donors (Lipinski definition) is 1. The van der Waals surface area contributed by atoms with Gasteiger partial charge in [-0.25, -0.2) is 24.1 Å². The average Bonchev–Trinajstić information content (AvgIpc) is 2.63. The Balaban J connectivity index is 2.22. The standard InChI is InChI=1S/C9H6FN3O2S2/c1-4-6(7(14)15)16-9(13-4)17-8-11-2-5(10)3-12-8/h2-3H,1H3,(H,14,15). The van der Waals surface area contributed by atoms with E-state index < -0.39 is 11.8 Å². The minimum Gasteiger partial charge on any atom is -0.477 e. The first-order valence-corrected chi connectivity index (χ1v) is 6.05. The highest BCUT2D eigenvalue weighted by Crippen LogP contribution is 2.30. The van der Waals surface area contributed by atoms with Crippen LogP contribution in [0.3, 0.4) is 0 Å². The zero-order valence-electron chi connectivity index (χ0n) is 8.55. The molecule has 2 rings (SSSR count). The summed E-state index contributed by atoms with van der Waals surface area (Å²) in [5.74, 6) is -1.53. The Kier molecular flexibility index (Phi) is 3.34. The van der Waals surface area contributed by atoms with Crippen molar-refractivity contribution in [3.63, 3.8) is 0 Å². The van der Waals surface area contributed by atoms with E-state index in [4.69, 9.17) is 5.11 Å². The third-order valence-corrected chi connectivity index (χ3v) is 3.85. The lowest BCUT2D eigenvalue weighted by Gasteiger charge is -1.93. The highest BCUT2D eigenvalue weighted by molar-refractivity contribution is 8.00. The van der Waals surface area contributed by atoms with Crippen molar-refractivity contribution in [3.05, 3.63) is 28.8 Å². The van der Waals surface area contributed by atoms with Crippen LogP contribution in [0.15, 0.2) is 21.9 Å². The molecule has 2 heterocycles. The first-order chi connectivity index (χ1) is 8.06. The summed E-state index contributed by atoms with van der Waals surface area (Å²) in [6.07, 6.45) is 2.10. The Morgan fingerprint density at radius 2 is 2.12 bits per heavy atom. The van der Waals surface area contributed by atoms with Gasteiger partial charge >= 0.3 is 5.97 Å². The van der Waals surface area contributed by atoms with Crippen LogP contribution in [-0.2, 0) is 0 Å². The molecule has 0 aliphatic heterocycles. The number of rotatable bonds is 3. The molecule has 2 aromatic heterocycles. The van der Waals surface area contributed by atoms with Crippen molar-refractivity contribution in [1.82, 2.24) is 15.0 Å². The van der Waals surface area contributed by atoms with Crippen LogP contribution in [0.5, 0.6) is 0 Å². The van der Waals surface area contributed by atoms with Crippen LogP contribution in [0.2, 0.25) is 0 Å². The molecule has 0 aromatic carbocycles. The van der Waals surface area contributed by atoms with Gasteiger partial charge in [0.05, 0.1) is 18.1 Å². The third-order valence-electron chi connectivity index (χ3n) is 1.75. The van der Waals surface area contributed by atoms with Gasteiger partial charge in [0.1, 0.15) is 4.88 Å². The minimum atomic E-state index is -1.01. The predicted molar refractivity (Wildman–Crippen MR) is 59.9 cm³/mol. The molecule has 0 fully saturated rings. The molecule has 0 atom stereocenters. The molecule has 17 heavy (non-hydrogen) atoms. The topological polar surface area (TPSA) is 76.0 Å². The van der Waals surface area contributed by atoms with Crippen LogP contribution in [0.25, 0.3) is 0 Å². The number of thiazole rings is 1. The maximum absolute atomic E-state index is 12.6. The fourth-order valence-corrected chi connectivity index (χ4v) is 2.87. The van der Waals surface area contributed by atoms with E-state index in [1.165, 1.54) is 0 Å². The molecule has 88 valence electrons. The first kappa shape index (κ1) is 11.9. The molecular weight excluding hydrogens is 265 g/mol. The van der Waals surface area contributed by atoms with Gasteiger partial charge in [0.15, 0.2) is 15.3 Å². The Bertz CT molecular complexity index is 556. The van der Waals surface area contributed by atoms with Crippen molar-refractivity contribution in [2.45, 2.75) is 16.4 Å². The second-order valence-corrected chi connectivity index (χ2v) is 5.20. The third kappa shape index (κ3) is 2.77. The summed E-state index contributed by atoms with van der Waals surface area (Å²) in [5, 5.41) is 9.19. The predicted octanol–water partition coefficient (Wildman–Crippen LogP) is 2.23. The Morgan fingerprint density at radius 1 is 1.47 bits per heavy atom. The number of aromatic carboxylic acids is 1. The maximum Gasteiger partial charge on any atom is 0.347 e. The molecule has 5 nitrogen and oxygen atoms in total. The lowest BCUT2D eigenvalue weighted by Crippen LogP contribution is -1.94. The van der Waals surface area contributed by atoms with Gasteiger partial charge in [-0.15, -0.1) is 0 Å². The zero-order chi connectivity index (χ0) is 12.4. The van der Waals surface area contributed by atoms with E-state index in [1.54, 1.807) is 6.92 Å². The van der Waals surface area contributed by atoms with E-state index in [-0.39, 0.29) is 4.88 Å². The summed E-state index contributed by atoms with van der Waals surface area (Å²) < 4.78 is 13.1. The second kappa shape index (κ2) is 4.76. The zero-order valence-corrected chi connectivity index (χ0v) is 10.2. The van der Waals surface area contributed by atoms with Crippen molar-refractivity contribution < 1.29 is 14.3 Å². The number of carboxylic acid groups (broad SMARTS) is 1. The van der Waals surface area contributed by atoms with Crippen LogP contribution >= 0.6 is 23.1 Å². The molecule has 0 bridgehead atoms. The summed E-state index contributed by atoms with van der Waals surface area (Å²) >= 11 is 2.15. The quantitative estimate of drug-likeness (QED) is 0.863. The lowest BCUT2D eigenvalue weighted by molar-refractivity contribution is 0.0701. The minimum absolute atomic E-state index is 0.189. The van der Waals surface area contributed by atoms with Gasteiger partial charge in [-0.05, 0) is 18.7 Å². The van der Waals surface area contributed by atoms with Crippen molar-refractivity contribution in [2.24, 2.45) is 0 Å². The van der Waals surface area contributed by atoms with Crippen molar-refractivity contribution in [1.29, 1.82) is 0 Å². The number of halogens is 1. The molecule has 2 aromatic rings. The fraction of sp³-hybridized carbons (Fsp3) is 0.111. The van der Waals surface area contributed by atoms with Crippen molar-refractivity contribution in [3.8, 4) is 0 Å². The van der Waals surface area contributed by atoms with Gasteiger partial charge in [-0.1, -0.05) is 11.3 Å². The van der Waals surface area contributed by atoms with Crippen LogP contribution in [0.4, 0.5) is 4.39 Å². The second-order valence-electron chi connectivity index (χ2n) is 2.99. The number of aromatic nitrogens is 3. The number of nitrogens with zero attached hydrogens (tertiary/aromatic N) is 3. The van der Waals surface area contributed by atoms with E-state index in [2.05, 4.69) is 15.0 Å². The summed E-state index contributed by atoms with van der Waals surface area (Å²) in [6, 6.07) is 0. The number of hydrogen-bond acceptors (Lipinski definition) is 6. The molecule has 0 unspecified atom stereocenters. The van der Waals surface area contributed by atoms with Gasteiger partial charge in [0.2, 0.25) is 0 Å². The fourth-order valence-electron chi connectivity index (χ4n) is 1.04. The highest BCUT2D eigenvalue weighted by Gasteiger charge is 2.15. The van der Waals surface area contributed by atoms with E-state index in [0.717, 1.165) is 35.5 Å². The number of aryl methyl sites for hydroxylation is 1. The monoisotopic (exact) mass is 271 g/mol. The van der Waals surface area contributed by atoms with E-state index in [9.17, 15) is 9.18 Å². The summed E-state index contributed by atoms with van der Waals surface area (Å²) in [7, 11) is 0. The summed E-state index contributed by atoms with van der Waals surface area (Å²) in [5.41, 5.74) is 0.451.